The lowest BCUT2D eigenvalue weighted by Crippen LogP contribution is -2.05. The molecule has 0 saturated heterocycles. The highest BCUT2D eigenvalue weighted by molar-refractivity contribution is 6.31. The van der Waals surface area contributed by atoms with Crippen LogP contribution < -0.4 is 10.1 Å². The molecule has 0 aromatic heterocycles. The molecule has 20 heavy (non-hydrogen) atoms. The highest BCUT2D eigenvalue weighted by atomic mass is 35.5. The third kappa shape index (κ3) is 2.36. The number of fused-ring (bicyclic) bond motifs is 1. The van der Waals surface area contributed by atoms with Crippen molar-refractivity contribution in [1.82, 2.24) is 0 Å². The zero-order valence-corrected chi connectivity index (χ0v) is 12.5. The van der Waals surface area contributed by atoms with Gasteiger partial charge in [-0.1, -0.05) is 29.8 Å². The average molecular weight is 288 g/mol. The molecule has 2 aromatic rings. The Morgan fingerprint density at radius 3 is 2.60 bits per heavy atom. The molecule has 1 N–H and O–H groups in total. The van der Waals surface area contributed by atoms with E-state index in [-0.39, 0.29) is 0 Å². The summed E-state index contributed by atoms with van der Waals surface area (Å²) in [5, 5.41) is 4.44. The van der Waals surface area contributed by atoms with Gasteiger partial charge >= 0.3 is 0 Å². The van der Waals surface area contributed by atoms with E-state index in [1.165, 1.54) is 22.4 Å². The summed E-state index contributed by atoms with van der Waals surface area (Å²) < 4.78 is 5.48. The van der Waals surface area contributed by atoms with Crippen molar-refractivity contribution in [3.05, 3.63) is 58.1 Å². The molecule has 0 bridgehead atoms. The first kappa shape index (κ1) is 13.3. The maximum absolute atomic E-state index is 6.30. The molecule has 2 nitrogen and oxygen atoms in total. The Morgan fingerprint density at radius 2 is 1.95 bits per heavy atom. The van der Waals surface area contributed by atoms with E-state index in [1.807, 2.05) is 25.1 Å². The van der Waals surface area contributed by atoms with Gasteiger partial charge in [0, 0.05) is 17.1 Å². The summed E-state index contributed by atoms with van der Waals surface area (Å²) in [6.07, 6.45) is 0.934. The third-order valence-corrected chi connectivity index (χ3v) is 4.14. The van der Waals surface area contributed by atoms with Crippen molar-refractivity contribution < 1.29 is 4.74 Å². The summed E-state index contributed by atoms with van der Waals surface area (Å²) in [4.78, 5) is 0. The van der Waals surface area contributed by atoms with Crippen LogP contribution in [-0.4, -0.2) is 6.61 Å². The standard InChI is InChI=1S/C17H18ClNO/c1-3-20-13-7-5-12(6-8-13)16-10-14-15(18)9-4-11(2)17(14)19-16/h4-9,16,19H,3,10H2,1-2H3. The molecule has 0 aliphatic carbocycles. The van der Waals surface area contributed by atoms with E-state index < -0.39 is 0 Å². The lowest BCUT2D eigenvalue weighted by atomic mass is 10.0. The molecule has 104 valence electrons. The van der Waals surface area contributed by atoms with Crippen LogP contribution in [0, 0.1) is 6.92 Å². The van der Waals surface area contributed by atoms with Crippen molar-refractivity contribution in [3.8, 4) is 5.75 Å². The molecule has 3 heteroatoms. The average Bonchev–Trinajstić information content (AvgIpc) is 2.91. The van der Waals surface area contributed by atoms with E-state index >= 15 is 0 Å². The number of nitrogens with one attached hydrogen (secondary N) is 1. The number of rotatable bonds is 3. The first-order valence-corrected chi connectivity index (χ1v) is 7.34. The van der Waals surface area contributed by atoms with Gasteiger partial charge in [0.2, 0.25) is 0 Å². The van der Waals surface area contributed by atoms with Crippen molar-refractivity contribution in [1.29, 1.82) is 0 Å². The lowest BCUT2D eigenvalue weighted by molar-refractivity contribution is 0.340. The summed E-state index contributed by atoms with van der Waals surface area (Å²) in [5.41, 5.74) is 4.93. The van der Waals surface area contributed by atoms with Gasteiger partial charge in [0.15, 0.2) is 0 Å². The molecule has 0 radical (unpaired) electrons. The highest BCUT2D eigenvalue weighted by Gasteiger charge is 2.25. The van der Waals surface area contributed by atoms with Crippen LogP contribution in [0.25, 0.3) is 0 Å². The van der Waals surface area contributed by atoms with E-state index in [0.717, 1.165) is 17.2 Å². The molecule has 0 amide bonds. The van der Waals surface area contributed by atoms with E-state index in [1.54, 1.807) is 0 Å². The Hall–Kier alpha value is -1.67. The van der Waals surface area contributed by atoms with E-state index in [9.17, 15) is 0 Å². The van der Waals surface area contributed by atoms with Gasteiger partial charge in [-0.3, -0.25) is 0 Å². The number of benzene rings is 2. The first-order valence-electron chi connectivity index (χ1n) is 6.96. The molecular weight excluding hydrogens is 270 g/mol. The van der Waals surface area contributed by atoms with Gasteiger partial charge in [0.1, 0.15) is 5.75 Å². The molecule has 0 fully saturated rings. The zero-order chi connectivity index (χ0) is 14.1. The molecule has 1 heterocycles. The van der Waals surface area contributed by atoms with Gasteiger partial charge in [0.25, 0.3) is 0 Å². The van der Waals surface area contributed by atoms with Gasteiger partial charge < -0.3 is 10.1 Å². The third-order valence-electron chi connectivity index (χ3n) is 3.78. The molecule has 1 aliphatic heterocycles. The summed E-state index contributed by atoms with van der Waals surface area (Å²) in [5.74, 6) is 0.918. The number of hydrogen-bond donors (Lipinski definition) is 1. The maximum atomic E-state index is 6.30. The second kappa shape index (κ2) is 5.37. The van der Waals surface area contributed by atoms with Gasteiger partial charge in [0.05, 0.1) is 12.6 Å². The quantitative estimate of drug-likeness (QED) is 0.879. The fourth-order valence-corrected chi connectivity index (χ4v) is 2.97. The molecule has 0 spiro atoms. The number of hydrogen-bond acceptors (Lipinski definition) is 2. The van der Waals surface area contributed by atoms with Crippen LogP contribution in [0.1, 0.15) is 29.7 Å². The van der Waals surface area contributed by atoms with Crippen LogP contribution in [-0.2, 0) is 6.42 Å². The zero-order valence-electron chi connectivity index (χ0n) is 11.7. The second-order valence-electron chi connectivity index (χ2n) is 5.12. The van der Waals surface area contributed by atoms with E-state index in [0.29, 0.717) is 12.6 Å². The van der Waals surface area contributed by atoms with Crippen LogP contribution in [0.4, 0.5) is 5.69 Å². The van der Waals surface area contributed by atoms with Crippen molar-refractivity contribution in [2.75, 3.05) is 11.9 Å². The van der Waals surface area contributed by atoms with Gasteiger partial charge in [-0.15, -0.1) is 0 Å². The van der Waals surface area contributed by atoms with Gasteiger partial charge in [-0.25, -0.2) is 0 Å². The minimum Gasteiger partial charge on any atom is -0.494 e. The first-order chi connectivity index (χ1) is 9.69. The molecule has 3 rings (SSSR count). The Kier molecular flexibility index (Phi) is 3.58. The number of aryl methyl sites for hydroxylation is 1. The van der Waals surface area contributed by atoms with Crippen molar-refractivity contribution in [2.45, 2.75) is 26.3 Å². The van der Waals surface area contributed by atoms with Crippen LogP contribution in [0.5, 0.6) is 5.75 Å². The largest absolute Gasteiger partial charge is 0.494 e. The van der Waals surface area contributed by atoms with Crippen LogP contribution in [0.2, 0.25) is 5.02 Å². The fraction of sp³-hybridized carbons (Fsp3) is 0.294. The molecule has 1 atom stereocenters. The Bertz CT molecular complexity index is 591. The molecule has 1 unspecified atom stereocenters. The van der Waals surface area contributed by atoms with Crippen molar-refractivity contribution in [3.63, 3.8) is 0 Å². The smallest absolute Gasteiger partial charge is 0.119 e. The second-order valence-corrected chi connectivity index (χ2v) is 5.53. The van der Waals surface area contributed by atoms with Crippen molar-refractivity contribution in [2.24, 2.45) is 0 Å². The van der Waals surface area contributed by atoms with E-state index in [2.05, 4.69) is 30.4 Å². The summed E-state index contributed by atoms with van der Waals surface area (Å²) in [7, 11) is 0. The molecular formula is C17H18ClNO. The molecule has 2 aromatic carbocycles. The minimum absolute atomic E-state index is 0.291. The van der Waals surface area contributed by atoms with E-state index in [4.69, 9.17) is 16.3 Å². The normalized spacial score (nSPS) is 16.6. The Morgan fingerprint density at radius 1 is 1.20 bits per heavy atom. The monoisotopic (exact) mass is 287 g/mol. The number of halogens is 1. The highest BCUT2D eigenvalue weighted by Crippen LogP contribution is 2.40. The summed E-state index contributed by atoms with van der Waals surface area (Å²) in [6, 6.07) is 12.6. The van der Waals surface area contributed by atoms with Crippen LogP contribution in [0.3, 0.4) is 0 Å². The Balaban J connectivity index is 1.84. The summed E-state index contributed by atoms with van der Waals surface area (Å²) in [6.45, 7) is 4.80. The number of ether oxygens (including phenoxy) is 1. The molecule has 1 aliphatic rings. The predicted octanol–water partition coefficient (Wildman–Crippen LogP) is 4.76. The topological polar surface area (TPSA) is 21.3 Å². The summed E-state index contributed by atoms with van der Waals surface area (Å²) >= 11 is 6.30. The molecule has 0 saturated carbocycles. The predicted molar refractivity (Wildman–Crippen MR) is 83.9 cm³/mol. The SMILES string of the molecule is CCOc1ccc(C2Cc3c(Cl)ccc(C)c3N2)cc1. The van der Waals surface area contributed by atoms with Crippen molar-refractivity contribution >= 4 is 17.3 Å². The van der Waals surface area contributed by atoms with Crippen LogP contribution >= 0.6 is 11.6 Å². The lowest BCUT2D eigenvalue weighted by Gasteiger charge is -2.13. The Labute approximate surface area is 124 Å². The minimum atomic E-state index is 0.291. The maximum Gasteiger partial charge on any atom is 0.119 e. The van der Waals surface area contributed by atoms with Gasteiger partial charge in [-0.2, -0.15) is 0 Å². The fourth-order valence-electron chi connectivity index (χ4n) is 2.73. The number of anilines is 1. The van der Waals surface area contributed by atoms with Gasteiger partial charge in [-0.05, 0) is 48.7 Å². The van der Waals surface area contributed by atoms with Crippen LogP contribution in [0.15, 0.2) is 36.4 Å².